The van der Waals surface area contributed by atoms with E-state index in [9.17, 15) is 18.7 Å². The van der Waals surface area contributed by atoms with Gasteiger partial charge in [-0.1, -0.05) is 0 Å². The molecule has 0 radical (unpaired) electrons. The number of carboxylic acids is 1. The third-order valence-corrected chi connectivity index (χ3v) is 2.72. The van der Waals surface area contributed by atoms with Crippen molar-refractivity contribution in [1.82, 2.24) is 9.78 Å². The second kappa shape index (κ2) is 4.80. The van der Waals surface area contributed by atoms with E-state index in [1.165, 1.54) is 7.05 Å². The molecule has 20 heavy (non-hydrogen) atoms. The van der Waals surface area contributed by atoms with Crippen molar-refractivity contribution in [3.8, 4) is 22.8 Å². The molecule has 2 N–H and O–H groups in total. The molecule has 0 saturated heterocycles. The van der Waals surface area contributed by atoms with E-state index in [0.717, 1.165) is 23.9 Å². The third kappa shape index (κ3) is 2.04. The van der Waals surface area contributed by atoms with Gasteiger partial charge in [0.05, 0.1) is 18.4 Å². The molecule has 6 nitrogen and oxygen atoms in total. The minimum atomic E-state index is -1.33. The number of nitrogens with zero attached hydrogens (tertiary/aromatic N) is 2. The number of carboxylic acid groups (broad SMARTS) is 1. The fourth-order valence-electron chi connectivity index (χ4n) is 1.78. The normalized spacial score (nSPS) is 10.6. The highest BCUT2D eigenvalue weighted by Gasteiger charge is 2.24. The standard InChI is InChI=1S/C12H10F2N2O4/c1-16-6(3-5(15-16)12(18)19)9-10(13)7(17)4-8(20-2)11(9)14/h3-4,17H,1-2H3,(H,18,19). The van der Waals surface area contributed by atoms with Crippen LogP contribution in [-0.4, -0.2) is 33.1 Å². The Kier molecular flexibility index (Phi) is 3.31. The highest BCUT2D eigenvalue weighted by molar-refractivity contribution is 5.87. The van der Waals surface area contributed by atoms with Crippen molar-refractivity contribution in [1.29, 1.82) is 0 Å². The molecule has 0 fully saturated rings. The number of aromatic hydroxyl groups is 1. The van der Waals surface area contributed by atoms with Crippen LogP contribution in [0.5, 0.6) is 11.5 Å². The summed E-state index contributed by atoms with van der Waals surface area (Å²) >= 11 is 0. The van der Waals surface area contributed by atoms with Gasteiger partial charge in [-0.05, 0) is 6.07 Å². The van der Waals surface area contributed by atoms with Crippen LogP contribution in [0.2, 0.25) is 0 Å². The Bertz CT molecular complexity index is 697. The number of benzene rings is 1. The molecule has 0 aliphatic heterocycles. The van der Waals surface area contributed by atoms with Gasteiger partial charge in [0.1, 0.15) is 0 Å². The molecule has 1 aromatic carbocycles. The number of rotatable bonds is 3. The van der Waals surface area contributed by atoms with Crippen LogP contribution in [-0.2, 0) is 7.05 Å². The Labute approximate surface area is 111 Å². The number of methoxy groups -OCH3 is 1. The van der Waals surface area contributed by atoms with Gasteiger partial charge < -0.3 is 14.9 Å². The first kappa shape index (κ1) is 13.8. The second-order valence-electron chi connectivity index (χ2n) is 3.94. The summed E-state index contributed by atoms with van der Waals surface area (Å²) < 4.78 is 33.7. The van der Waals surface area contributed by atoms with Crippen molar-refractivity contribution in [2.45, 2.75) is 0 Å². The maximum atomic E-state index is 14.1. The molecule has 1 aromatic heterocycles. The Morgan fingerprint density at radius 3 is 2.50 bits per heavy atom. The van der Waals surface area contributed by atoms with Crippen LogP contribution in [0.3, 0.4) is 0 Å². The van der Waals surface area contributed by atoms with Gasteiger partial charge in [-0.3, -0.25) is 4.68 Å². The molecule has 0 amide bonds. The first-order valence-electron chi connectivity index (χ1n) is 5.39. The van der Waals surface area contributed by atoms with Crippen LogP contribution < -0.4 is 4.74 Å². The van der Waals surface area contributed by atoms with Crippen molar-refractivity contribution >= 4 is 5.97 Å². The molecule has 0 aliphatic rings. The van der Waals surface area contributed by atoms with Crippen molar-refractivity contribution in [3.05, 3.63) is 29.5 Å². The van der Waals surface area contributed by atoms with Crippen molar-refractivity contribution in [2.24, 2.45) is 7.05 Å². The number of carbonyl (C=O) groups is 1. The zero-order valence-corrected chi connectivity index (χ0v) is 10.5. The number of hydrogen-bond donors (Lipinski definition) is 2. The van der Waals surface area contributed by atoms with Crippen molar-refractivity contribution in [2.75, 3.05) is 7.11 Å². The van der Waals surface area contributed by atoms with E-state index in [0.29, 0.717) is 0 Å². The summed E-state index contributed by atoms with van der Waals surface area (Å²) in [6.07, 6.45) is 0. The van der Waals surface area contributed by atoms with Gasteiger partial charge in [-0.25, -0.2) is 13.6 Å². The smallest absolute Gasteiger partial charge is 0.356 e. The number of aryl methyl sites for hydroxylation is 1. The predicted molar refractivity (Wildman–Crippen MR) is 63.7 cm³/mol. The molecule has 0 unspecified atom stereocenters. The Morgan fingerprint density at radius 2 is 2.00 bits per heavy atom. The lowest BCUT2D eigenvalue weighted by molar-refractivity contribution is 0.0689. The number of phenols is 1. The van der Waals surface area contributed by atoms with Gasteiger partial charge >= 0.3 is 5.97 Å². The largest absolute Gasteiger partial charge is 0.505 e. The van der Waals surface area contributed by atoms with E-state index in [4.69, 9.17) is 5.11 Å². The molecular weight excluding hydrogens is 274 g/mol. The van der Waals surface area contributed by atoms with Crippen molar-refractivity contribution < 1.29 is 28.5 Å². The van der Waals surface area contributed by atoms with E-state index in [-0.39, 0.29) is 17.1 Å². The maximum absolute atomic E-state index is 14.1. The van der Waals surface area contributed by atoms with Crippen LogP contribution in [0, 0.1) is 11.6 Å². The SMILES string of the molecule is COc1cc(O)c(F)c(-c2cc(C(=O)O)nn2C)c1F. The lowest BCUT2D eigenvalue weighted by Crippen LogP contribution is -2.01. The fraction of sp³-hybridized carbons (Fsp3) is 0.167. The molecule has 0 saturated carbocycles. The molecule has 106 valence electrons. The fourth-order valence-corrected chi connectivity index (χ4v) is 1.78. The Balaban J connectivity index is 2.75. The molecule has 8 heteroatoms. The van der Waals surface area contributed by atoms with Gasteiger partial charge in [0.2, 0.25) is 0 Å². The monoisotopic (exact) mass is 284 g/mol. The molecule has 1 heterocycles. The van der Waals surface area contributed by atoms with Gasteiger partial charge in [0.15, 0.2) is 28.8 Å². The first-order valence-corrected chi connectivity index (χ1v) is 5.39. The minimum absolute atomic E-state index is 0.133. The second-order valence-corrected chi connectivity index (χ2v) is 3.94. The molecule has 0 bridgehead atoms. The zero-order valence-electron chi connectivity index (χ0n) is 10.5. The van der Waals surface area contributed by atoms with Crippen LogP contribution in [0.25, 0.3) is 11.3 Å². The molecule has 2 rings (SSSR count). The molecular formula is C12H10F2N2O4. The van der Waals surface area contributed by atoms with Crippen LogP contribution >= 0.6 is 0 Å². The maximum Gasteiger partial charge on any atom is 0.356 e. The van der Waals surface area contributed by atoms with Gasteiger partial charge in [0, 0.05) is 13.1 Å². The number of hydrogen-bond acceptors (Lipinski definition) is 4. The summed E-state index contributed by atoms with van der Waals surface area (Å²) in [4.78, 5) is 10.8. The minimum Gasteiger partial charge on any atom is -0.505 e. The zero-order chi connectivity index (χ0) is 15.0. The highest BCUT2D eigenvalue weighted by Crippen LogP contribution is 2.37. The van der Waals surface area contributed by atoms with Crippen LogP contribution in [0.1, 0.15) is 10.5 Å². The van der Waals surface area contributed by atoms with E-state index in [1.54, 1.807) is 0 Å². The summed E-state index contributed by atoms with van der Waals surface area (Å²) in [6.45, 7) is 0. The average Bonchev–Trinajstić information content (AvgIpc) is 2.77. The van der Waals surface area contributed by atoms with E-state index in [2.05, 4.69) is 9.84 Å². The summed E-state index contributed by atoms with van der Waals surface area (Å²) in [5.41, 5.74) is -1.11. The average molecular weight is 284 g/mol. The van der Waals surface area contributed by atoms with Gasteiger partial charge in [-0.15, -0.1) is 0 Å². The summed E-state index contributed by atoms with van der Waals surface area (Å²) in [5.74, 6) is -4.78. The lowest BCUT2D eigenvalue weighted by atomic mass is 10.1. The van der Waals surface area contributed by atoms with Gasteiger partial charge in [0.25, 0.3) is 0 Å². The number of ether oxygens (including phenoxy) is 1. The van der Waals surface area contributed by atoms with E-state index >= 15 is 0 Å². The molecule has 0 spiro atoms. The van der Waals surface area contributed by atoms with Gasteiger partial charge in [-0.2, -0.15) is 5.10 Å². The Morgan fingerprint density at radius 1 is 1.35 bits per heavy atom. The summed E-state index contributed by atoms with van der Waals surface area (Å²) in [7, 11) is 2.49. The van der Waals surface area contributed by atoms with Crippen LogP contribution in [0.4, 0.5) is 8.78 Å². The quantitative estimate of drug-likeness (QED) is 0.897. The third-order valence-electron chi connectivity index (χ3n) is 2.72. The molecule has 2 aromatic rings. The molecule has 0 atom stereocenters. The number of aromatic carboxylic acids is 1. The molecule has 0 aliphatic carbocycles. The van der Waals surface area contributed by atoms with Crippen LogP contribution in [0.15, 0.2) is 12.1 Å². The summed E-state index contributed by atoms with van der Waals surface area (Å²) in [5, 5.41) is 21.9. The van der Waals surface area contributed by atoms with Crippen molar-refractivity contribution in [3.63, 3.8) is 0 Å². The topological polar surface area (TPSA) is 84.6 Å². The first-order chi connectivity index (χ1) is 9.36. The van der Waals surface area contributed by atoms with E-state index < -0.39 is 28.9 Å². The number of aromatic nitrogens is 2. The predicted octanol–water partition coefficient (Wildman–Crippen LogP) is 1.78. The number of phenolic OH excluding ortho intramolecular Hbond substituents is 1. The lowest BCUT2D eigenvalue weighted by Gasteiger charge is -2.10. The van der Waals surface area contributed by atoms with E-state index in [1.807, 2.05) is 0 Å². The number of halogens is 2. The summed E-state index contributed by atoms with van der Waals surface area (Å²) in [6, 6.07) is 1.80. The highest BCUT2D eigenvalue weighted by atomic mass is 19.1. The Hall–Kier alpha value is -2.64.